The number of methoxy groups -OCH3 is 1. The van der Waals surface area contributed by atoms with Gasteiger partial charge in [-0.15, -0.1) is 0 Å². The van der Waals surface area contributed by atoms with E-state index in [9.17, 15) is 4.79 Å². The minimum absolute atomic E-state index is 0.131. The summed E-state index contributed by atoms with van der Waals surface area (Å²) >= 11 is 0. The monoisotopic (exact) mass is 419 g/mol. The average Bonchev–Trinajstić information content (AvgIpc) is 2.82. The van der Waals surface area contributed by atoms with Gasteiger partial charge in [0.1, 0.15) is 18.1 Å². The zero-order valence-corrected chi connectivity index (χ0v) is 17.3. The van der Waals surface area contributed by atoms with E-state index in [2.05, 4.69) is 10.5 Å². The quantitative estimate of drug-likeness (QED) is 0.299. The molecule has 0 aliphatic heterocycles. The first-order valence-electron chi connectivity index (χ1n) is 9.77. The highest BCUT2D eigenvalue weighted by molar-refractivity contribution is 5.99. The van der Waals surface area contributed by atoms with E-state index in [0.717, 1.165) is 16.9 Å². The molecule has 0 atom stereocenters. The van der Waals surface area contributed by atoms with Crippen molar-refractivity contribution in [1.82, 2.24) is 5.32 Å². The molecule has 0 aliphatic rings. The average molecular weight is 419 g/mol. The first kappa shape index (κ1) is 21.7. The van der Waals surface area contributed by atoms with E-state index in [-0.39, 0.29) is 18.3 Å². The highest BCUT2D eigenvalue weighted by atomic mass is 16.6. The number of carbonyl (C=O) groups excluding carboxylic acids is 1. The predicted molar refractivity (Wildman–Crippen MR) is 119 cm³/mol. The molecule has 0 aliphatic carbocycles. The van der Waals surface area contributed by atoms with Crippen LogP contribution in [0.15, 0.2) is 84.0 Å². The molecule has 1 amide bonds. The number of amides is 1. The number of carbonyl (C=O) groups is 1. The molecular weight excluding hydrogens is 394 g/mol. The Labute approximate surface area is 181 Å². The Morgan fingerprint density at radius 2 is 1.65 bits per heavy atom. The normalized spacial score (nSPS) is 10.9. The van der Waals surface area contributed by atoms with Crippen molar-refractivity contribution in [1.29, 1.82) is 0 Å². The molecule has 0 unspecified atom stereocenters. The van der Waals surface area contributed by atoms with E-state index in [4.69, 9.17) is 20.0 Å². The Bertz CT molecular complexity index is 1000. The summed E-state index contributed by atoms with van der Waals surface area (Å²) in [6, 6.07) is 24.5. The van der Waals surface area contributed by atoms with Crippen LogP contribution in [0.3, 0.4) is 0 Å². The zero-order chi connectivity index (χ0) is 21.9. The number of benzene rings is 3. The Morgan fingerprint density at radius 3 is 2.39 bits per heavy atom. The molecule has 3 aromatic rings. The molecule has 0 saturated carbocycles. The van der Waals surface area contributed by atoms with Gasteiger partial charge in [0.25, 0.3) is 5.91 Å². The van der Waals surface area contributed by atoms with Crippen LogP contribution >= 0.6 is 0 Å². The lowest BCUT2D eigenvalue weighted by Gasteiger charge is -2.11. The summed E-state index contributed by atoms with van der Waals surface area (Å²) in [5.41, 5.74) is 8.62. The van der Waals surface area contributed by atoms with Gasteiger partial charge < -0.3 is 25.4 Å². The molecule has 7 nitrogen and oxygen atoms in total. The number of nitrogens with one attached hydrogen (secondary N) is 1. The standard InChI is InChI=1S/C24H25N3O4/c1-29-20-13-11-18(12-14-20)15-26-23(28)17-31-27-24(25)21-9-5-6-10-22(21)30-16-19-7-3-2-4-8-19/h2-14H,15-17H2,1H3,(H2,25,27)(H,26,28). The minimum Gasteiger partial charge on any atom is -0.497 e. The van der Waals surface area contributed by atoms with Gasteiger partial charge in [-0.1, -0.05) is 59.8 Å². The van der Waals surface area contributed by atoms with Crippen molar-refractivity contribution >= 4 is 11.7 Å². The lowest BCUT2D eigenvalue weighted by molar-refractivity contribution is -0.125. The van der Waals surface area contributed by atoms with Gasteiger partial charge in [-0.05, 0) is 35.4 Å². The van der Waals surface area contributed by atoms with Crippen molar-refractivity contribution < 1.29 is 19.1 Å². The molecule has 31 heavy (non-hydrogen) atoms. The fourth-order valence-electron chi connectivity index (χ4n) is 2.74. The molecule has 0 radical (unpaired) electrons. The maximum atomic E-state index is 12.0. The van der Waals surface area contributed by atoms with E-state index >= 15 is 0 Å². The number of amidine groups is 1. The predicted octanol–water partition coefficient (Wildman–Crippen LogP) is 3.23. The Balaban J connectivity index is 1.50. The number of ether oxygens (including phenoxy) is 2. The van der Waals surface area contributed by atoms with Crippen molar-refractivity contribution in [2.24, 2.45) is 10.9 Å². The van der Waals surface area contributed by atoms with Crippen LogP contribution in [0.25, 0.3) is 0 Å². The maximum Gasteiger partial charge on any atom is 0.261 e. The second-order valence-corrected chi connectivity index (χ2v) is 6.65. The molecule has 3 N–H and O–H groups in total. The number of hydrogen-bond donors (Lipinski definition) is 2. The van der Waals surface area contributed by atoms with E-state index in [0.29, 0.717) is 24.5 Å². The summed E-state index contributed by atoms with van der Waals surface area (Å²) in [4.78, 5) is 17.1. The molecule has 0 bridgehead atoms. The lowest BCUT2D eigenvalue weighted by Crippen LogP contribution is -2.27. The van der Waals surface area contributed by atoms with Crippen LogP contribution in [0, 0.1) is 0 Å². The Hall–Kier alpha value is -4.00. The number of para-hydroxylation sites is 1. The summed E-state index contributed by atoms with van der Waals surface area (Å²) in [5.74, 6) is 1.17. The maximum absolute atomic E-state index is 12.0. The second-order valence-electron chi connectivity index (χ2n) is 6.65. The smallest absolute Gasteiger partial charge is 0.261 e. The molecular formula is C24H25N3O4. The van der Waals surface area contributed by atoms with E-state index < -0.39 is 0 Å². The van der Waals surface area contributed by atoms with Crippen LogP contribution in [0.2, 0.25) is 0 Å². The molecule has 160 valence electrons. The molecule has 0 heterocycles. The lowest BCUT2D eigenvalue weighted by atomic mass is 10.2. The summed E-state index contributed by atoms with van der Waals surface area (Å²) in [5, 5.41) is 6.63. The number of hydrogen-bond acceptors (Lipinski definition) is 5. The number of nitrogens with two attached hydrogens (primary N) is 1. The summed E-state index contributed by atoms with van der Waals surface area (Å²) in [7, 11) is 1.61. The van der Waals surface area contributed by atoms with Crippen LogP contribution in [0.4, 0.5) is 0 Å². The molecule has 0 aromatic heterocycles. The van der Waals surface area contributed by atoms with Crippen LogP contribution in [-0.4, -0.2) is 25.5 Å². The number of rotatable bonds is 10. The summed E-state index contributed by atoms with van der Waals surface area (Å²) in [6.07, 6.45) is 0. The molecule has 0 spiro atoms. The van der Waals surface area contributed by atoms with Gasteiger partial charge in [0.15, 0.2) is 12.4 Å². The van der Waals surface area contributed by atoms with Gasteiger partial charge in [0, 0.05) is 6.54 Å². The third-order valence-corrected chi connectivity index (χ3v) is 4.41. The SMILES string of the molecule is COc1ccc(CNC(=O)CO/N=C(/N)c2ccccc2OCc2ccccc2)cc1. The Morgan fingerprint density at radius 1 is 0.935 bits per heavy atom. The van der Waals surface area contributed by atoms with Gasteiger partial charge in [-0.2, -0.15) is 0 Å². The Kier molecular flexibility index (Phi) is 7.88. The fraction of sp³-hybridized carbons (Fsp3) is 0.167. The third kappa shape index (κ3) is 6.78. The molecule has 3 aromatic carbocycles. The first-order valence-corrected chi connectivity index (χ1v) is 9.77. The largest absolute Gasteiger partial charge is 0.497 e. The van der Waals surface area contributed by atoms with Gasteiger partial charge >= 0.3 is 0 Å². The highest BCUT2D eigenvalue weighted by Crippen LogP contribution is 2.19. The molecule has 0 saturated heterocycles. The zero-order valence-electron chi connectivity index (χ0n) is 17.3. The van der Waals surface area contributed by atoms with E-state index in [1.54, 1.807) is 13.2 Å². The van der Waals surface area contributed by atoms with Crippen molar-refractivity contribution in [3.8, 4) is 11.5 Å². The first-order chi connectivity index (χ1) is 15.2. The van der Waals surface area contributed by atoms with Crippen molar-refractivity contribution in [3.05, 3.63) is 95.6 Å². The summed E-state index contributed by atoms with van der Waals surface area (Å²) < 4.78 is 11.0. The molecule has 3 rings (SSSR count). The topological polar surface area (TPSA) is 95.2 Å². The van der Waals surface area contributed by atoms with Gasteiger partial charge in [0.05, 0.1) is 12.7 Å². The van der Waals surface area contributed by atoms with E-state index in [1.807, 2.05) is 72.8 Å². The molecule has 0 fully saturated rings. The minimum atomic E-state index is -0.305. The van der Waals surface area contributed by atoms with Crippen molar-refractivity contribution in [2.45, 2.75) is 13.2 Å². The van der Waals surface area contributed by atoms with Gasteiger partial charge in [-0.3, -0.25) is 4.79 Å². The highest BCUT2D eigenvalue weighted by Gasteiger charge is 2.09. The fourth-order valence-corrected chi connectivity index (χ4v) is 2.74. The van der Waals surface area contributed by atoms with Crippen LogP contribution in [0.5, 0.6) is 11.5 Å². The van der Waals surface area contributed by atoms with Crippen LogP contribution < -0.4 is 20.5 Å². The van der Waals surface area contributed by atoms with E-state index in [1.165, 1.54) is 0 Å². The van der Waals surface area contributed by atoms with Gasteiger partial charge in [0.2, 0.25) is 0 Å². The third-order valence-electron chi connectivity index (χ3n) is 4.41. The van der Waals surface area contributed by atoms with Gasteiger partial charge in [-0.25, -0.2) is 0 Å². The van der Waals surface area contributed by atoms with Crippen molar-refractivity contribution in [3.63, 3.8) is 0 Å². The number of oxime groups is 1. The summed E-state index contributed by atoms with van der Waals surface area (Å²) in [6.45, 7) is 0.533. The van der Waals surface area contributed by atoms with Crippen LogP contribution in [0.1, 0.15) is 16.7 Å². The van der Waals surface area contributed by atoms with Crippen LogP contribution in [-0.2, 0) is 22.8 Å². The second kappa shape index (κ2) is 11.3. The number of nitrogens with zero attached hydrogens (tertiary/aromatic N) is 1. The molecule has 7 heteroatoms. The van der Waals surface area contributed by atoms with Crippen molar-refractivity contribution in [2.75, 3.05) is 13.7 Å².